The van der Waals surface area contributed by atoms with Gasteiger partial charge in [-0.25, -0.2) is 4.98 Å². The van der Waals surface area contributed by atoms with E-state index >= 15 is 0 Å². The summed E-state index contributed by atoms with van der Waals surface area (Å²) in [6, 6.07) is 5.19. The quantitative estimate of drug-likeness (QED) is 0.916. The van der Waals surface area contributed by atoms with E-state index in [1.807, 2.05) is 0 Å². The summed E-state index contributed by atoms with van der Waals surface area (Å²) in [5.41, 5.74) is 6.14. The highest BCUT2D eigenvalue weighted by atomic mass is 35.5. The lowest BCUT2D eigenvalue weighted by Crippen LogP contribution is -2.22. The van der Waals surface area contributed by atoms with Crippen LogP contribution in [0.15, 0.2) is 24.4 Å². The molecule has 0 saturated carbocycles. The number of amides is 1. The molecule has 0 aliphatic heterocycles. The average molecular weight is 302 g/mol. The van der Waals surface area contributed by atoms with Gasteiger partial charge in [0.2, 0.25) is 0 Å². The number of nitrogen functional groups attached to an aromatic ring is 1. The summed E-state index contributed by atoms with van der Waals surface area (Å²) in [6.45, 7) is 0.259. The van der Waals surface area contributed by atoms with Crippen LogP contribution in [-0.2, 0) is 6.54 Å². The van der Waals surface area contributed by atoms with Crippen LogP contribution in [0.4, 0.5) is 5.13 Å². The minimum Gasteiger partial charge on any atom is -0.375 e. The van der Waals surface area contributed by atoms with Gasteiger partial charge < -0.3 is 11.1 Å². The third-order valence-electron chi connectivity index (χ3n) is 2.23. The molecule has 0 radical (unpaired) electrons. The van der Waals surface area contributed by atoms with Gasteiger partial charge in [-0.2, -0.15) is 0 Å². The molecule has 0 aliphatic rings. The monoisotopic (exact) mass is 301 g/mol. The van der Waals surface area contributed by atoms with Crippen molar-refractivity contribution in [1.29, 1.82) is 0 Å². The van der Waals surface area contributed by atoms with Crippen molar-refractivity contribution in [3.05, 3.63) is 44.9 Å². The molecule has 1 aromatic carbocycles. The van der Waals surface area contributed by atoms with Gasteiger partial charge in [-0.05, 0) is 12.1 Å². The van der Waals surface area contributed by atoms with Gasteiger partial charge in [0.1, 0.15) is 4.88 Å². The van der Waals surface area contributed by atoms with Gasteiger partial charge in [-0.3, -0.25) is 4.79 Å². The normalized spacial score (nSPS) is 10.3. The van der Waals surface area contributed by atoms with Crippen molar-refractivity contribution >= 4 is 45.6 Å². The smallest absolute Gasteiger partial charge is 0.263 e. The lowest BCUT2D eigenvalue weighted by atomic mass is 10.2. The van der Waals surface area contributed by atoms with E-state index in [2.05, 4.69) is 10.3 Å². The molecule has 4 nitrogen and oxygen atoms in total. The van der Waals surface area contributed by atoms with Crippen molar-refractivity contribution in [3.8, 4) is 0 Å². The predicted octanol–water partition coefficient (Wildman–Crippen LogP) is 2.96. The first kappa shape index (κ1) is 13.1. The van der Waals surface area contributed by atoms with Crippen LogP contribution < -0.4 is 11.1 Å². The van der Waals surface area contributed by atoms with E-state index in [4.69, 9.17) is 28.9 Å². The number of hydrogen-bond donors (Lipinski definition) is 2. The number of carbonyl (C=O) groups excluding carboxylic acids is 1. The van der Waals surface area contributed by atoms with Crippen molar-refractivity contribution < 1.29 is 4.79 Å². The van der Waals surface area contributed by atoms with E-state index in [9.17, 15) is 4.79 Å². The zero-order chi connectivity index (χ0) is 13.1. The highest BCUT2D eigenvalue weighted by Crippen LogP contribution is 2.24. The molecule has 0 atom stereocenters. The van der Waals surface area contributed by atoms with Crippen LogP contribution in [0.5, 0.6) is 0 Å². The maximum Gasteiger partial charge on any atom is 0.263 e. The molecule has 0 bridgehead atoms. The predicted molar refractivity (Wildman–Crippen MR) is 74.2 cm³/mol. The summed E-state index contributed by atoms with van der Waals surface area (Å²) in [7, 11) is 0. The minimum atomic E-state index is -0.250. The van der Waals surface area contributed by atoms with Crippen molar-refractivity contribution in [3.63, 3.8) is 0 Å². The van der Waals surface area contributed by atoms with Crippen LogP contribution in [0, 0.1) is 0 Å². The third-order valence-corrected chi connectivity index (χ3v) is 3.77. The molecule has 18 heavy (non-hydrogen) atoms. The zero-order valence-corrected chi connectivity index (χ0v) is 11.4. The molecule has 1 aromatic heterocycles. The van der Waals surface area contributed by atoms with E-state index in [-0.39, 0.29) is 12.5 Å². The van der Waals surface area contributed by atoms with Crippen LogP contribution in [0.25, 0.3) is 0 Å². The van der Waals surface area contributed by atoms with E-state index < -0.39 is 0 Å². The Bertz CT molecular complexity index is 565. The third kappa shape index (κ3) is 2.93. The summed E-state index contributed by atoms with van der Waals surface area (Å²) in [4.78, 5) is 16.0. The van der Waals surface area contributed by atoms with Crippen molar-refractivity contribution in [2.75, 3.05) is 5.73 Å². The zero-order valence-electron chi connectivity index (χ0n) is 9.11. The van der Waals surface area contributed by atoms with Crippen LogP contribution >= 0.6 is 34.5 Å². The molecule has 2 rings (SSSR count). The molecule has 94 valence electrons. The molecule has 2 aromatic rings. The summed E-state index contributed by atoms with van der Waals surface area (Å²) >= 11 is 13.1. The number of anilines is 1. The molecule has 7 heteroatoms. The Balaban J connectivity index is 2.06. The van der Waals surface area contributed by atoms with Gasteiger partial charge in [0, 0.05) is 22.2 Å². The number of aromatic nitrogens is 1. The molecule has 0 saturated heterocycles. The lowest BCUT2D eigenvalue weighted by molar-refractivity contribution is 0.0955. The average Bonchev–Trinajstić information content (AvgIpc) is 2.75. The van der Waals surface area contributed by atoms with Gasteiger partial charge in [-0.1, -0.05) is 40.6 Å². The standard InChI is InChI=1S/C11H9Cl2N3OS/c12-7-2-1-3-8(13)6(7)4-15-10(17)9-5-16-11(14)18-9/h1-3,5H,4H2,(H2,14,16)(H,15,17). The number of benzene rings is 1. The Labute approximate surface area is 118 Å². The fraction of sp³-hybridized carbons (Fsp3) is 0.0909. The van der Waals surface area contributed by atoms with Gasteiger partial charge in [-0.15, -0.1) is 0 Å². The van der Waals surface area contributed by atoms with Gasteiger partial charge in [0.25, 0.3) is 5.91 Å². The van der Waals surface area contributed by atoms with Crippen LogP contribution in [0.3, 0.4) is 0 Å². The minimum absolute atomic E-state index is 0.250. The van der Waals surface area contributed by atoms with E-state index in [0.29, 0.717) is 25.6 Å². The molecule has 1 amide bonds. The molecule has 0 fully saturated rings. The Morgan fingerprint density at radius 2 is 2.06 bits per heavy atom. The summed E-state index contributed by atoms with van der Waals surface area (Å²) in [5, 5.41) is 4.11. The molecule has 1 heterocycles. The van der Waals surface area contributed by atoms with E-state index in [0.717, 1.165) is 11.3 Å². The first-order chi connectivity index (χ1) is 8.58. The van der Waals surface area contributed by atoms with Crippen LogP contribution in [0.2, 0.25) is 10.0 Å². The van der Waals surface area contributed by atoms with Crippen molar-refractivity contribution in [1.82, 2.24) is 10.3 Å². The molecule has 0 spiro atoms. The Hall–Kier alpha value is -1.30. The summed E-state index contributed by atoms with van der Waals surface area (Å²) < 4.78 is 0. The lowest BCUT2D eigenvalue weighted by Gasteiger charge is -2.07. The Morgan fingerprint density at radius 3 is 2.61 bits per heavy atom. The maximum absolute atomic E-state index is 11.8. The van der Waals surface area contributed by atoms with E-state index in [1.165, 1.54) is 6.20 Å². The molecule has 3 N–H and O–H groups in total. The number of thiazole rings is 1. The topological polar surface area (TPSA) is 68.0 Å². The highest BCUT2D eigenvalue weighted by Gasteiger charge is 2.11. The molecule has 0 unspecified atom stereocenters. The number of halogens is 2. The first-order valence-corrected chi connectivity index (χ1v) is 6.57. The number of nitrogens with zero attached hydrogens (tertiary/aromatic N) is 1. The second-order valence-electron chi connectivity index (χ2n) is 3.45. The van der Waals surface area contributed by atoms with Crippen LogP contribution in [-0.4, -0.2) is 10.9 Å². The van der Waals surface area contributed by atoms with Crippen molar-refractivity contribution in [2.24, 2.45) is 0 Å². The van der Waals surface area contributed by atoms with Gasteiger partial charge in [0.05, 0.1) is 6.20 Å². The Morgan fingerprint density at radius 1 is 1.39 bits per heavy atom. The van der Waals surface area contributed by atoms with Gasteiger partial charge in [0.15, 0.2) is 5.13 Å². The Kier molecular flexibility index (Phi) is 4.06. The maximum atomic E-state index is 11.8. The largest absolute Gasteiger partial charge is 0.375 e. The van der Waals surface area contributed by atoms with Gasteiger partial charge >= 0.3 is 0 Å². The first-order valence-electron chi connectivity index (χ1n) is 5.00. The molecular formula is C11H9Cl2N3OS. The summed E-state index contributed by atoms with van der Waals surface area (Å²) in [6.07, 6.45) is 1.43. The molecule has 0 aliphatic carbocycles. The summed E-state index contributed by atoms with van der Waals surface area (Å²) in [5.74, 6) is -0.250. The number of hydrogen-bond acceptors (Lipinski definition) is 4. The SMILES string of the molecule is Nc1ncc(C(=O)NCc2c(Cl)cccc2Cl)s1. The fourth-order valence-electron chi connectivity index (χ4n) is 1.35. The second kappa shape index (κ2) is 5.56. The fourth-order valence-corrected chi connectivity index (χ4v) is 2.48. The van der Waals surface area contributed by atoms with Crippen molar-refractivity contribution in [2.45, 2.75) is 6.54 Å². The number of nitrogens with one attached hydrogen (secondary N) is 1. The number of carbonyl (C=O) groups is 1. The van der Waals surface area contributed by atoms with E-state index in [1.54, 1.807) is 18.2 Å². The molecular weight excluding hydrogens is 293 g/mol. The second-order valence-corrected chi connectivity index (χ2v) is 5.32. The number of rotatable bonds is 3. The highest BCUT2D eigenvalue weighted by molar-refractivity contribution is 7.17. The number of nitrogens with two attached hydrogens (primary N) is 1. The van der Waals surface area contributed by atoms with Crippen LogP contribution in [0.1, 0.15) is 15.2 Å².